The Morgan fingerprint density at radius 2 is 1.50 bits per heavy atom. The van der Waals surface area contributed by atoms with E-state index >= 15 is 0 Å². The molecule has 0 aromatic rings. The molecule has 4 rings (SSSR count). The van der Waals surface area contributed by atoms with Crippen molar-refractivity contribution >= 4 is 5.91 Å². The van der Waals surface area contributed by atoms with Crippen LogP contribution in [-0.2, 0) is 4.79 Å². The highest BCUT2D eigenvalue weighted by molar-refractivity contribution is 5.80. The van der Waals surface area contributed by atoms with Gasteiger partial charge in [0, 0.05) is 19.0 Å². The standard InChI is InChI=1S/C17H28N2O/c20-16(15(13-1-2-13)14-3-4-14)19-11-7-17(8-12-19)5-9-18-10-6-17/h13-15,18H,1-12H2. The summed E-state index contributed by atoms with van der Waals surface area (Å²) in [5, 5.41) is 3.47. The molecule has 2 heterocycles. The van der Waals surface area contributed by atoms with Gasteiger partial charge in [-0.25, -0.2) is 0 Å². The van der Waals surface area contributed by atoms with E-state index in [0.29, 0.717) is 17.2 Å². The van der Waals surface area contributed by atoms with E-state index in [1.54, 1.807) is 0 Å². The van der Waals surface area contributed by atoms with Crippen LogP contribution in [0.25, 0.3) is 0 Å². The number of amides is 1. The molecule has 0 aromatic carbocycles. The van der Waals surface area contributed by atoms with E-state index in [1.807, 2.05) is 0 Å². The number of hydrogen-bond donors (Lipinski definition) is 1. The highest BCUT2D eigenvalue weighted by atomic mass is 16.2. The Labute approximate surface area is 122 Å². The van der Waals surface area contributed by atoms with Gasteiger partial charge in [0.25, 0.3) is 0 Å². The highest BCUT2D eigenvalue weighted by Gasteiger charge is 2.48. The van der Waals surface area contributed by atoms with Gasteiger partial charge in [-0.05, 0) is 81.7 Å². The van der Waals surface area contributed by atoms with E-state index in [9.17, 15) is 4.79 Å². The minimum absolute atomic E-state index is 0.414. The number of nitrogens with one attached hydrogen (secondary N) is 1. The molecule has 2 aliphatic heterocycles. The summed E-state index contributed by atoms with van der Waals surface area (Å²) in [7, 11) is 0. The molecule has 1 amide bonds. The molecule has 2 saturated carbocycles. The molecule has 3 heteroatoms. The summed E-state index contributed by atoms with van der Waals surface area (Å²) in [4.78, 5) is 15.1. The van der Waals surface area contributed by atoms with Crippen molar-refractivity contribution < 1.29 is 4.79 Å². The van der Waals surface area contributed by atoms with Gasteiger partial charge in [0.2, 0.25) is 5.91 Å². The van der Waals surface area contributed by atoms with Crippen LogP contribution in [0.3, 0.4) is 0 Å². The molecule has 4 fully saturated rings. The zero-order valence-corrected chi connectivity index (χ0v) is 12.6. The molecule has 4 aliphatic rings. The van der Waals surface area contributed by atoms with Crippen LogP contribution in [0.2, 0.25) is 0 Å². The second kappa shape index (κ2) is 5.01. The Morgan fingerprint density at radius 1 is 0.950 bits per heavy atom. The van der Waals surface area contributed by atoms with Crippen LogP contribution in [0.5, 0.6) is 0 Å². The quantitative estimate of drug-likeness (QED) is 0.858. The van der Waals surface area contributed by atoms with Crippen LogP contribution < -0.4 is 5.32 Å². The fourth-order valence-corrected chi connectivity index (χ4v) is 4.57. The maximum absolute atomic E-state index is 12.8. The van der Waals surface area contributed by atoms with E-state index in [-0.39, 0.29) is 0 Å². The first kappa shape index (κ1) is 13.1. The molecule has 0 bridgehead atoms. The smallest absolute Gasteiger partial charge is 0.226 e. The van der Waals surface area contributed by atoms with Gasteiger partial charge >= 0.3 is 0 Å². The minimum Gasteiger partial charge on any atom is -0.342 e. The average molecular weight is 276 g/mol. The summed E-state index contributed by atoms with van der Waals surface area (Å²) in [6.07, 6.45) is 10.4. The van der Waals surface area contributed by atoms with Gasteiger partial charge in [-0.15, -0.1) is 0 Å². The number of rotatable bonds is 3. The molecule has 1 spiro atoms. The van der Waals surface area contributed by atoms with Crippen molar-refractivity contribution in [3.63, 3.8) is 0 Å². The van der Waals surface area contributed by atoms with E-state index in [0.717, 1.165) is 24.9 Å². The number of nitrogens with zero attached hydrogens (tertiary/aromatic N) is 1. The fraction of sp³-hybridized carbons (Fsp3) is 0.941. The van der Waals surface area contributed by atoms with Crippen LogP contribution in [0.15, 0.2) is 0 Å². The monoisotopic (exact) mass is 276 g/mol. The van der Waals surface area contributed by atoms with E-state index in [2.05, 4.69) is 10.2 Å². The second-order valence-electron chi connectivity index (χ2n) is 7.78. The predicted molar refractivity (Wildman–Crippen MR) is 79.3 cm³/mol. The van der Waals surface area contributed by atoms with E-state index in [4.69, 9.17) is 0 Å². The van der Waals surface area contributed by atoms with Gasteiger partial charge in [-0.2, -0.15) is 0 Å². The largest absolute Gasteiger partial charge is 0.342 e. The lowest BCUT2D eigenvalue weighted by Gasteiger charge is -2.45. The number of carbonyl (C=O) groups excluding carboxylic acids is 1. The predicted octanol–water partition coefficient (Wildman–Crippen LogP) is 2.41. The Morgan fingerprint density at radius 3 is 2.00 bits per heavy atom. The molecule has 2 aliphatic carbocycles. The van der Waals surface area contributed by atoms with Gasteiger partial charge in [-0.3, -0.25) is 4.79 Å². The third-order valence-electron chi connectivity index (χ3n) is 6.34. The lowest BCUT2D eigenvalue weighted by atomic mass is 9.71. The van der Waals surface area contributed by atoms with Crippen molar-refractivity contribution in [1.82, 2.24) is 10.2 Å². The van der Waals surface area contributed by atoms with Gasteiger partial charge in [-0.1, -0.05) is 0 Å². The molecule has 0 radical (unpaired) electrons. The maximum atomic E-state index is 12.8. The molecular weight excluding hydrogens is 248 g/mol. The van der Waals surface area contributed by atoms with Crippen molar-refractivity contribution in [1.29, 1.82) is 0 Å². The van der Waals surface area contributed by atoms with Crippen LogP contribution in [0.1, 0.15) is 51.4 Å². The first-order valence-corrected chi connectivity index (χ1v) is 8.77. The number of likely N-dealkylation sites (tertiary alicyclic amines) is 1. The molecule has 20 heavy (non-hydrogen) atoms. The van der Waals surface area contributed by atoms with Gasteiger partial charge < -0.3 is 10.2 Å². The Bertz CT molecular complexity index is 358. The maximum Gasteiger partial charge on any atom is 0.226 e. The molecule has 2 saturated heterocycles. The van der Waals surface area contributed by atoms with Gasteiger partial charge in [0.15, 0.2) is 0 Å². The summed E-state index contributed by atoms with van der Waals surface area (Å²) >= 11 is 0. The van der Waals surface area contributed by atoms with Crippen molar-refractivity contribution in [2.24, 2.45) is 23.2 Å². The summed E-state index contributed by atoms with van der Waals surface area (Å²) in [5.41, 5.74) is 0.566. The molecule has 0 unspecified atom stereocenters. The number of hydrogen-bond acceptors (Lipinski definition) is 2. The van der Waals surface area contributed by atoms with Crippen molar-refractivity contribution in [2.45, 2.75) is 51.4 Å². The van der Waals surface area contributed by atoms with Crippen LogP contribution in [-0.4, -0.2) is 37.0 Å². The van der Waals surface area contributed by atoms with Gasteiger partial charge in [0.1, 0.15) is 0 Å². The highest BCUT2D eigenvalue weighted by Crippen LogP contribution is 2.50. The Hall–Kier alpha value is -0.570. The molecule has 1 N–H and O–H groups in total. The third kappa shape index (κ3) is 2.49. The minimum atomic E-state index is 0.414. The first-order valence-electron chi connectivity index (χ1n) is 8.77. The molecular formula is C17H28N2O. The SMILES string of the molecule is O=C(C(C1CC1)C1CC1)N1CCC2(CCNCC2)CC1. The molecule has 0 atom stereocenters. The normalized spacial score (nSPS) is 29.9. The van der Waals surface area contributed by atoms with Crippen LogP contribution in [0.4, 0.5) is 0 Å². The van der Waals surface area contributed by atoms with Crippen molar-refractivity contribution in [2.75, 3.05) is 26.2 Å². The zero-order valence-electron chi connectivity index (χ0n) is 12.6. The summed E-state index contributed by atoms with van der Waals surface area (Å²) in [5.74, 6) is 2.45. The zero-order chi connectivity index (χ0) is 13.6. The summed E-state index contributed by atoms with van der Waals surface area (Å²) in [6, 6.07) is 0. The topological polar surface area (TPSA) is 32.3 Å². The Kier molecular flexibility index (Phi) is 3.29. The average Bonchev–Trinajstić information content (AvgIpc) is 3.35. The van der Waals surface area contributed by atoms with Crippen molar-refractivity contribution in [3.8, 4) is 0 Å². The summed E-state index contributed by atoms with van der Waals surface area (Å²) in [6.45, 7) is 4.44. The molecule has 3 nitrogen and oxygen atoms in total. The first-order chi connectivity index (χ1) is 9.77. The van der Waals surface area contributed by atoms with Crippen molar-refractivity contribution in [3.05, 3.63) is 0 Å². The number of carbonyl (C=O) groups is 1. The Balaban J connectivity index is 1.37. The van der Waals surface area contributed by atoms with Crippen LogP contribution >= 0.6 is 0 Å². The lowest BCUT2D eigenvalue weighted by Crippen LogP contribution is -2.49. The molecule has 0 aromatic heterocycles. The van der Waals surface area contributed by atoms with Crippen LogP contribution in [0, 0.1) is 23.2 Å². The van der Waals surface area contributed by atoms with E-state index in [1.165, 1.54) is 64.5 Å². The number of piperidine rings is 2. The fourth-order valence-electron chi connectivity index (χ4n) is 4.57. The van der Waals surface area contributed by atoms with Gasteiger partial charge in [0.05, 0.1) is 0 Å². The lowest BCUT2D eigenvalue weighted by molar-refractivity contribution is -0.139. The van der Waals surface area contributed by atoms with E-state index < -0.39 is 0 Å². The third-order valence-corrected chi connectivity index (χ3v) is 6.34. The second-order valence-corrected chi connectivity index (χ2v) is 7.78. The summed E-state index contributed by atoms with van der Waals surface area (Å²) < 4.78 is 0. The molecule has 112 valence electrons.